The first-order valence-electron chi connectivity index (χ1n) is 5.32. The van der Waals surface area contributed by atoms with Crippen LogP contribution in [0.4, 0.5) is 0 Å². The van der Waals surface area contributed by atoms with Crippen LogP contribution in [0.3, 0.4) is 0 Å². The Morgan fingerprint density at radius 3 is 3.07 bits per heavy atom. The van der Waals surface area contributed by atoms with Crippen molar-refractivity contribution in [2.24, 2.45) is 11.7 Å². The summed E-state index contributed by atoms with van der Waals surface area (Å²) in [6.45, 7) is 3.95. The molecular formula is C10H20N2O2. The average Bonchev–Trinajstić information content (AvgIpc) is 2.19. The molecule has 1 rings (SSSR count). The molecule has 1 aliphatic heterocycles. The Balaban J connectivity index is 2.24. The minimum atomic E-state index is 0.0157. The van der Waals surface area contributed by atoms with Crippen molar-refractivity contribution in [2.75, 3.05) is 19.8 Å². The van der Waals surface area contributed by atoms with Crippen molar-refractivity contribution in [3.63, 3.8) is 0 Å². The van der Waals surface area contributed by atoms with Crippen LogP contribution in [0.1, 0.15) is 26.2 Å². The van der Waals surface area contributed by atoms with Crippen molar-refractivity contribution in [3.05, 3.63) is 0 Å². The molecule has 4 nitrogen and oxygen atoms in total. The van der Waals surface area contributed by atoms with Crippen LogP contribution in [0.25, 0.3) is 0 Å². The van der Waals surface area contributed by atoms with Gasteiger partial charge >= 0.3 is 0 Å². The van der Waals surface area contributed by atoms with Crippen molar-refractivity contribution in [3.8, 4) is 0 Å². The molecular weight excluding hydrogens is 180 g/mol. The predicted molar refractivity (Wildman–Crippen MR) is 54.8 cm³/mol. The topological polar surface area (TPSA) is 64.4 Å². The molecule has 0 aromatic carbocycles. The van der Waals surface area contributed by atoms with Gasteiger partial charge in [-0.2, -0.15) is 0 Å². The SMILES string of the molecule is CC(CCN)C(=O)NC1CCCOC1. The molecule has 82 valence electrons. The summed E-state index contributed by atoms with van der Waals surface area (Å²) < 4.78 is 5.28. The Morgan fingerprint density at radius 1 is 1.71 bits per heavy atom. The van der Waals surface area contributed by atoms with E-state index in [2.05, 4.69) is 5.32 Å². The number of nitrogens with one attached hydrogen (secondary N) is 1. The number of nitrogens with two attached hydrogens (primary N) is 1. The number of hydrogen-bond acceptors (Lipinski definition) is 3. The summed E-state index contributed by atoms with van der Waals surface area (Å²) in [4.78, 5) is 11.6. The molecule has 2 unspecified atom stereocenters. The van der Waals surface area contributed by atoms with Gasteiger partial charge in [0, 0.05) is 12.5 Å². The summed E-state index contributed by atoms with van der Waals surface area (Å²) in [6, 6.07) is 0.205. The summed E-state index contributed by atoms with van der Waals surface area (Å²) in [5.74, 6) is 0.118. The smallest absolute Gasteiger partial charge is 0.223 e. The molecule has 0 radical (unpaired) electrons. The molecule has 14 heavy (non-hydrogen) atoms. The molecule has 1 heterocycles. The molecule has 1 saturated heterocycles. The van der Waals surface area contributed by atoms with Gasteiger partial charge in [-0.25, -0.2) is 0 Å². The van der Waals surface area contributed by atoms with Gasteiger partial charge in [0.1, 0.15) is 0 Å². The molecule has 1 fully saturated rings. The standard InChI is InChI=1S/C10H20N2O2/c1-8(4-5-11)10(13)12-9-3-2-6-14-7-9/h8-9H,2-7,11H2,1H3,(H,12,13). The van der Waals surface area contributed by atoms with E-state index in [0.29, 0.717) is 13.2 Å². The zero-order valence-corrected chi connectivity index (χ0v) is 8.79. The molecule has 4 heteroatoms. The normalized spacial score (nSPS) is 24.3. The third kappa shape index (κ3) is 3.64. The lowest BCUT2D eigenvalue weighted by Crippen LogP contribution is -2.43. The first-order chi connectivity index (χ1) is 6.74. The Morgan fingerprint density at radius 2 is 2.50 bits per heavy atom. The number of hydrogen-bond donors (Lipinski definition) is 2. The van der Waals surface area contributed by atoms with Gasteiger partial charge in [-0.15, -0.1) is 0 Å². The van der Waals surface area contributed by atoms with Gasteiger partial charge in [-0.05, 0) is 25.8 Å². The van der Waals surface area contributed by atoms with Gasteiger partial charge in [0.05, 0.1) is 12.6 Å². The lowest BCUT2D eigenvalue weighted by molar-refractivity contribution is -0.126. The maximum Gasteiger partial charge on any atom is 0.223 e. The van der Waals surface area contributed by atoms with Gasteiger partial charge in [-0.3, -0.25) is 4.79 Å². The number of carbonyl (C=O) groups is 1. The average molecular weight is 200 g/mol. The molecule has 2 atom stereocenters. The summed E-state index contributed by atoms with van der Waals surface area (Å²) in [5.41, 5.74) is 5.40. The van der Waals surface area contributed by atoms with Crippen molar-refractivity contribution in [1.29, 1.82) is 0 Å². The Kier molecular flexibility index (Phi) is 4.90. The fourth-order valence-electron chi connectivity index (χ4n) is 1.58. The minimum absolute atomic E-state index is 0.0157. The number of rotatable bonds is 4. The molecule has 1 amide bonds. The first-order valence-corrected chi connectivity index (χ1v) is 5.32. The molecule has 0 aromatic rings. The van der Waals surface area contributed by atoms with Crippen molar-refractivity contribution in [2.45, 2.75) is 32.2 Å². The van der Waals surface area contributed by atoms with Crippen molar-refractivity contribution >= 4 is 5.91 Å². The van der Waals surface area contributed by atoms with E-state index in [9.17, 15) is 4.79 Å². The quantitative estimate of drug-likeness (QED) is 0.684. The molecule has 0 aromatic heterocycles. The van der Waals surface area contributed by atoms with Crippen LogP contribution in [-0.4, -0.2) is 31.7 Å². The van der Waals surface area contributed by atoms with Gasteiger partial charge < -0.3 is 15.8 Å². The number of carbonyl (C=O) groups excluding carboxylic acids is 1. The number of ether oxygens (including phenoxy) is 1. The van der Waals surface area contributed by atoms with Crippen LogP contribution < -0.4 is 11.1 Å². The van der Waals surface area contributed by atoms with Gasteiger partial charge in [0.25, 0.3) is 0 Å². The van der Waals surface area contributed by atoms with Crippen molar-refractivity contribution < 1.29 is 9.53 Å². The Labute approximate surface area is 85.2 Å². The molecule has 1 aliphatic rings. The second-order valence-corrected chi connectivity index (χ2v) is 3.90. The van der Waals surface area contributed by atoms with E-state index >= 15 is 0 Å². The van der Waals surface area contributed by atoms with Crippen LogP contribution in [0.5, 0.6) is 0 Å². The lowest BCUT2D eigenvalue weighted by Gasteiger charge is -2.24. The molecule has 3 N–H and O–H groups in total. The second-order valence-electron chi connectivity index (χ2n) is 3.90. The fraction of sp³-hybridized carbons (Fsp3) is 0.900. The zero-order valence-electron chi connectivity index (χ0n) is 8.79. The third-order valence-corrected chi connectivity index (χ3v) is 2.55. The largest absolute Gasteiger partial charge is 0.379 e. The van der Waals surface area contributed by atoms with E-state index in [0.717, 1.165) is 25.9 Å². The van der Waals surface area contributed by atoms with E-state index < -0.39 is 0 Å². The zero-order chi connectivity index (χ0) is 10.4. The molecule has 0 aliphatic carbocycles. The van der Waals surface area contributed by atoms with Gasteiger partial charge in [-0.1, -0.05) is 6.92 Å². The van der Waals surface area contributed by atoms with Crippen molar-refractivity contribution in [1.82, 2.24) is 5.32 Å². The summed E-state index contributed by atoms with van der Waals surface area (Å²) in [5, 5.41) is 2.98. The highest BCUT2D eigenvalue weighted by Crippen LogP contribution is 2.07. The predicted octanol–water partition coefficient (Wildman–Crippen LogP) is 0.267. The van der Waals surface area contributed by atoms with Crippen LogP contribution in [-0.2, 0) is 9.53 Å². The van der Waals surface area contributed by atoms with E-state index in [4.69, 9.17) is 10.5 Å². The van der Waals surface area contributed by atoms with E-state index in [1.165, 1.54) is 0 Å². The van der Waals surface area contributed by atoms with E-state index in [-0.39, 0.29) is 17.9 Å². The van der Waals surface area contributed by atoms with Gasteiger partial charge in [0.2, 0.25) is 5.91 Å². The van der Waals surface area contributed by atoms with E-state index in [1.54, 1.807) is 0 Å². The highest BCUT2D eigenvalue weighted by molar-refractivity contribution is 5.78. The monoisotopic (exact) mass is 200 g/mol. The summed E-state index contributed by atoms with van der Waals surface area (Å²) in [6.07, 6.45) is 2.82. The minimum Gasteiger partial charge on any atom is -0.379 e. The third-order valence-electron chi connectivity index (χ3n) is 2.55. The lowest BCUT2D eigenvalue weighted by atomic mass is 10.1. The number of amides is 1. The summed E-state index contributed by atoms with van der Waals surface area (Å²) in [7, 11) is 0. The second kappa shape index (κ2) is 5.98. The highest BCUT2D eigenvalue weighted by atomic mass is 16.5. The van der Waals surface area contributed by atoms with Gasteiger partial charge in [0.15, 0.2) is 0 Å². The Hall–Kier alpha value is -0.610. The van der Waals surface area contributed by atoms with Crippen LogP contribution >= 0.6 is 0 Å². The van der Waals surface area contributed by atoms with Crippen LogP contribution in [0.15, 0.2) is 0 Å². The molecule has 0 bridgehead atoms. The van der Waals surface area contributed by atoms with Crippen LogP contribution in [0.2, 0.25) is 0 Å². The summed E-state index contributed by atoms with van der Waals surface area (Å²) >= 11 is 0. The maximum atomic E-state index is 11.6. The highest BCUT2D eigenvalue weighted by Gasteiger charge is 2.19. The Bertz CT molecular complexity index is 179. The van der Waals surface area contributed by atoms with E-state index in [1.807, 2.05) is 6.92 Å². The van der Waals surface area contributed by atoms with Crippen LogP contribution in [0, 0.1) is 5.92 Å². The fourth-order valence-corrected chi connectivity index (χ4v) is 1.58. The molecule has 0 saturated carbocycles. The molecule has 0 spiro atoms. The maximum absolute atomic E-state index is 11.6. The first kappa shape index (κ1) is 11.5.